The second-order valence-electron chi connectivity index (χ2n) is 5.04. The van der Waals surface area contributed by atoms with E-state index in [9.17, 15) is 0 Å². The highest BCUT2D eigenvalue weighted by Crippen LogP contribution is 2.11. The first kappa shape index (κ1) is 20.8. The predicted octanol–water partition coefficient (Wildman–Crippen LogP) is 2.72. The minimum absolute atomic E-state index is 0.179. The summed E-state index contributed by atoms with van der Waals surface area (Å²) in [6, 6.07) is 0. The molecule has 0 aliphatic carbocycles. The standard InChI is InChI=1S/C18H29N3O2/c1-7-10-22-12-15(6)23-18(19)16(8-2)11-17(14(4)5)21-13-20-9-3/h2,11,13,15H,4,7,9-10,12,19H2,1,3,5-6H3,(H,20,21)/b17-11+,18-16+. The Bertz CT molecular complexity index is 499. The van der Waals surface area contributed by atoms with Crippen molar-refractivity contribution in [1.29, 1.82) is 0 Å². The highest BCUT2D eigenvalue weighted by atomic mass is 16.5. The van der Waals surface area contributed by atoms with Crippen LogP contribution in [0.5, 0.6) is 0 Å². The Kier molecular flexibility index (Phi) is 11.2. The van der Waals surface area contributed by atoms with Crippen LogP contribution < -0.4 is 11.1 Å². The summed E-state index contributed by atoms with van der Waals surface area (Å²) in [4.78, 5) is 4.10. The molecule has 0 aromatic rings. The van der Waals surface area contributed by atoms with E-state index < -0.39 is 0 Å². The second kappa shape index (κ2) is 12.4. The molecule has 23 heavy (non-hydrogen) atoms. The Labute approximate surface area is 140 Å². The fourth-order valence-corrected chi connectivity index (χ4v) is 1.53. The average Bonchev–Trinajstić information content (AvgIpc) is 2.50. The van der Waals surface area contributed by atoms with Gasteiger partial charge >= 0.3 is 0 Å². The van der Waals surface area contributed by atoms with Crippen LogP contribution in [0.15, 0.2) is 40.4 Å². The zero-order valence-corrected chi connectivity index (χ0v) is 14.7. The highest BCUT2D eigenvalue weighted by Gasteiger charge is 2.08. The van der Waals surface area contributed by atoms with E-state index in [0.717, 1.165) is 17.7 Å². The van der Waals surface area contributed by atoms with Gasteiger partial charge in [0.15, 0.2) is 0 Å². The molecule has 0 saturated carbocycles. The molecular weight excluding hydrogens is 290 g/mol. The third-order valence-electron chi connectivity index (χ3n) is 2.69. The average molecular weight is 319 g/mol. The number of aliphatic imine (C=N–C) groups is 1. The van der Waals surface area contributed by atoms with Crippen molar-refractivity contribution in [3.8, 4) is 12.3 Å². The maximum atomic E-state index is 5.96. The van der Waals surface area contributed by atoms with Crippen LogP contribution in [0.4, 0.5) is 0 Å². The summed E-state index contributed by atoms with van der Waals surface area (Å²) in [6.45, 7) is 13.5. The van der Waals surface area contributed by atoms with Gasteiger partial charge < -0.3 is 20.5 Å². The Balaban J connectivity index is 5.04. The first-order valence-electron chi connectivity index (χ1n) is 7.79. The number of nitrogens with zero attached hydrogens (tertiary/aromatic N) is 1. The summed E-state index contributed by atoms with van der Waals surface area (Å²) in [6.07, 6.45) is 9.65. The lowest BCUT2D eigenvalue weighted by atomic mass is 10.1. The third-order valence-corrected chi connectivity index (χ3v) is 2.69. The van der Waals surface area contributed by atoms with E-state index in [2.05, 4.69) is 29.7 Å². The smallest absolute Gasteiger partial charge is 0.200 e. The lowest BCUT2D eigenvalue weighted by Crippen LogP contribution is -2.20. The number of hydrogen-bond acceptors (Lipinski definition) is 4. The van der Waals surface area contributed by atoms with Crippen LogP contribution in [-0.2, 0) is 9.47 Å². The van der Waals surface area contributed by atoms with Crippen LogP contribution in [0.25, 0.3) is 0 Å². The van der Waals surface area contributed by atoms with Crippen LogP contribution in [0.1, 0.15) is 34.1 Å². The normalized spacial score (nSPS) is 14.1. The molecular formula is C18H29N3O2. The molecule has 0 aliphatic heterocycles. The van der Waals surface area contributed by atoms with Gasteiger partial charge in [-0.05, 0) is 38.8 Å². The quantitative estimate of drug-likeness (QED) is 0.153. The molecule has 5 heteroatoms. The molecule has 128 valence electrons. The molecule has 0 spiro atoms. The van der Waals surface area contributed by atoms with Crippen molar-refractivity contribution < 1.29 is 9.47 Å². The van der Waals surface area contributed by atoms with E-state index in [1.165, 1.54) is 0 Å². The molecule has 0 radical (unpaired) electrons. The summed E-state index contributed by atoms with van der Waals surface area (Å²) in [5.74, 6) is 2.73. The number of rotatable bonds is 11. The first-order chi connectivity index (χ1) is 11.0. The number of nitrogens with one attached hydrogen (secondary N) is 1. The zero-order chi connectivity index (χ0) is 17.7. The van der Waals surface area contributed by atoms with Crippen molar-refractivity contribution in [1.82, 2.24) is 5.32 Å². The monoisotopic (exact) mass is 319 g/mol. The maximum absolute atomic E-state index is 5.96. The maximum Gasteiger partial charge on any atom is 0.200 e. The fourth-order valence-electron chi connectivity index (χ4n) is 1.53. The molecule has 0 amide bonds. The predicted molar refractivity (Wildman–Crippen MR) is 96.8 cm³/mol. The Hall–Kier alpha value is -2.19. The van der Waals surface area contributed by atoms with Gasteiger partial charge in [0.25, 0.3) is 0 Å². The topological polar surface area (TPSA) is 68.9 Å². The molecule has 0 saturated heterocycles. The van der Waals surface area contributed by atoms with Gasteiger partial charge in [-0.2, -0.15) is 0 Å². The Morgan fingerprint density at radius 1 is 1.48 bits per heavy atom. The molecule has 0 aromatic carbocycles. The van der Waals surface area contributed by atoms with Gasteiger partial charge in [0, 0.05) is 18.8 Å². The molecule has 1 atom stereocenters. The Morgan fingerprint density at radius 2 is 2.17 bits per heavy atom. The van der Waals surface area contributed by atoms with Crippen molar-refractivity contribution in [3.63, 3.8) is 0 Å². The van der Waals surface area contributed by atoms with Crippen molar-refractivity contribution in [3.05, 3.63) is 35.4 Å². The number of ether oxygens (including phenoxy) is 2. The highest BCUT2D eigenvalue weighted by molar-refractivity contribution is 5.60. The number of hydrogen-bond donors (Lipinski definition) is 2. The first-order valence-corrected chi connectivity index (χ1v) is 7.79. The minimum Gasteiger partial charge on any atom is -0.473 e. The molecule has 5 nitrogen and oxygen atoms in total. The zero-order valence-electron chi connectivity index (χ0n) is 14.7. The van der Waals surface area contributed by atoms with Gasteiger partial charge in [0.1, 0.15) is 6.10 Å². The van der Waals surface area contributed by atoms with Gasteiger partial charge in [-0.3, -0.25) is 4.99 Å². The lowest BCUT2D eigenvalue weighted by Gasteiger charge is -2.16. The molecule has 0 rings (SSSR count). The van der Waals surface area contributed by atoms with Crippen molar-refractivity contribution >= 4 is 6.34 Å². The largest absolute Gasteiger partial charge is 0.473 e. The minimum atomic E-state index is -0.179. The van der Waals surface area contributed by atoms with E-state index in [1.807, 2.05) is 20.8 Å². The number of nitrogens with two attached hydrogens (primary N) is 1. The SMILES string of the molecule is C#CC(/C=C(/NC=NCC)C(=C)C)=C(/N)OC(C)COCCC. The summed E-state index contributed by atoms with van der Waals surface area (Å²) in [5, 5.41) is 3.04. The molecule has 0 heterocycles. The van der Waals surface area contributed by atoms with Gasteiger partial charge in [0.2, 0.25) is 5.88 Å². The van der Waals surface area contributed by atoms with E-state index in [0.29, 0.717) is 25.3 Å². The van der Waals surface area contributed by atoms with Gasteiger partial charge in [-0.1, -0.05) is 19.4 Å². The Morgan fingerprint density at radius 3 is 2.70 bits per heavy atom. The number of allylic oxidation sites excluding steroid dienone is 3. The van der Waals surface area contributed by atoms with E-state index in [-0.39, 0.29) is 12.0 Å². The van der Waals surface area contributed by atoms with Crippen LogP contribution in [0.2, 0.25) is 0 Å². The molecule has 1 unspecified atom stereocenters. The third kappa shape index (κ3) is 9.43. The fraction of sp³-hybridized carbons (Fsp3) is 0.500. The molecule has 0 aliphatic rings. The van der Waals surface area contributed by atoms with Gasteiger partial charge in [-0.15, -0.1) is 6.42 Å². The summed E-state index contributed by atoms with van der Waals surface area (Å²) >= 11 is 0. The van der Waals surface area contributed by atoms with E-state index >= 15 is 0 Å². The van der Waals surface area contributed by atoms with Gasteiger partial charge in [-0.25, -0.2) is 0 Å². The van der Waals surface area contributed by atoms with E-state index in [4.69, 9.17) is 21.6 Å². The second-order valence-corrected chi connectivity index (χ2v) is 5.04. The molecule has 0 fully saturated rings. The van der Waals surface area contributed by atoms with Crippen molar-refractivity contribution in [2.24, 2.45) is 10.7 Å². The summed E-state index contributed by atoms with van der Waals surface area (Å²) in [5.41, 5.74) is 7.95. The number of terminal acetylenes is 1. The summed E-state index contributed by atoms with van der Waals surface area (Å²) in [7, 11) is 0. The van der Waals surface area contributed by atoms with Crippen LogP contribution in [0, 0.1) is 12.3 Å². The van der Waals surface area contributed by atoms with Crippen molar-refractivity contribution in [2.75, 3.05) is 19.8 Å². The van der Waals surface area contributed by atoms with Gasteiger partial charge in [0.05, 0.1) is 18.5 Å². The summed E-state index contributed by atoms with van der Waals surface area (Å²) < 4.78 is 11.0. The molecule has 0 aromatic heterocycles. The van der Waals surface area contributed by atoms with E-state index in [1.54, 1.807) is 12.4 Å². The molecule has 3 N–H and O–H groups in total. The van der Waals surface area contributed by atoms with Crippen molar-refractivity contribution in [2.45, 2.75) is 40.2 Å². The lowest BCUT2D eigenvalue weighted by molar-refractivity contribution is 0.0242. The van der Waals surface area contributed by atoms with Crippen LogP contribution in [-0.4, -0.2) is 32.2 Å². The van der Waals surface area contributed by atoms with Crippen LogP contribution in [0.3, 0.4) is 0 Å². The van der Waals surface area contributed by atoms with Crippen LogP contribution >= 0.6 is 0 Å². The molecule has 0 bridgehead atoms.